The van der Waals surface area contributed by atoms with Crippen LogP contribution >= 0.6 is 0 Å². The number of amides is 1. The van der Waals surface area contributed by atoms with Gasteiger partial charge in [0.1, 0.15) is 6.61 Å². The summed E-state index contributed by atoms with van der Waals surface area (Å²) in [5.41, 5.74) is 1.03. The van der Waals surface area contributed by atoms with Gasteiger partial charge in [0.2, 0.25) is 0 Å². The van der Waals surface area contributed by atoms with Gasteiger partial charge in [-0.1, -0.05) is 56.0 Å². The zero-order chi connectivity index (χ0) is 13.1. The van der Waals surface area contributed by atoms with Crippen LogP contribution < -0.4 is 0 Å². The third kappa shape index (κ3) is 2.52. The second-order valence-corrected chi connectivity index (χ2v) is 5.80. The van der Waals surface area contributed by atoms with E-state index in [9.17, 15) is 4.79 Å². The fraction of sp³-hybridized carbons (Fsp3) is 0.562. The van der Waals surface area contributed by atoms with E-state index in [1.54, 1.807) is 5.06 Å². The van der Waals surface area contributed by atoms with Gasteiger partial charge in [0.05, 0.1) is 12.0 Å². The molecule has 1 amide bonds. The summed E-state index contributed by atoms with van der Waals surface area (Å²) >= 11 is 0. The lowest BCUT2D eigenvalue weighted by Crippen LogP contribution is -2.60. The van der Waals surface area contributed by atoms with Crippen molar-refractivity contribution in [1.29, 1.82) is 0 Å². The standard InChI is InChI=1S/C16H21NO2/c18-15-16(10-6-1-2-7-11-16)13-17(15)19-12-14-8-4-3-5-9-14/h3-5,8-9H,1-2,6-7,10-13H2. The molecule has 1 saturated carbocycles. The maximum absolute atomic E-state index is 12.3. The molecule has 2 aliphatic rings. The number of hydroxylamine groups is 2. The highest BCUT2D eigenvalue weighted by Gasteiger charge is 2.52. The predicted molar refractivity (Wildman–Crippen MR) is 73.1 cm³/mol. The van der Waals surface area contributed by atoms with Crippen LogP contribution in [-0.2, 0) is 16.2 Å². The van der Waals surface area contributed by atoms with E-state index in [0.717, 1.165) is 24.9 Å². The van der Waals surface area contributed by atoms with Gasteiger partial charge in [0, 0.05) is 0 Å². The molecular weight excluding hydrogens is 238 g/mol. The summed E-state index contributed by atoms with van der Waals surface area (Å²) in [5, 5.41) is 1.57. The van der Waals surface area contributed by atoms with Gasteiger partial charge >= 0.3 is 0 Å². The number of benzene rings is 1. The second kappa shape index (κ2) is 5.33. The molecule has 0 bridgehead atoms. The zero-order valence-corrected chi connectivity index (χ0v) is 11.3. The molecule has 2 fully saturated rings. The average Bonchev–Trinajstić information content (AvgIpc) is 2.72. The highest BCUT2D eigenvalue weighted by atomic mass is 16.7. The minimum absolute atomic E-state index is 0.0762. The number of carbonyl (C=O) groups excluding carboxylic acids is 1. The number of β-lactam (4-membered cyclic amide) rings is 1. The molecule has 1 aliphatic carbocycles. The number of rotatable bonds is 3. The normalized spacial score (nSPS) is 22.1. The van der Waals surface area contributed by atoms with Gasteiger partial charge in [0.25, 0.3) is 5.91 Å². The maximum Gasteiger partial charge on any atom is 0.254 e. The fourth-order valence-electron chi connectivity index (χ4n) is 3.20. The summed E-state index contributed by atoms with van der Waals surface area (Å²) in [7, 11) is 0. The SMILES string of the molecule is O=C1N(OCc2ccccc2)CC12CCCCCC2. The Kier molecular flexibility index (Phi) is 3.56. The molecule has 19 heavy (non-hydrogen) atoms. The molecule has 3 heteroatoms. The lowest BCUT2D eigenvalue weighted by molar-refractivity contribution is -0.244. The summed E-state index contributed by atoms with van der Waals surface area (Å²) in [4.78, 5) is 17.9. The van der Waals surface area contributed by atoms with Crippen LogP contribution in [0.25, 0.3) is 0 Å². The molecule has 3 rings (SSSR count). The van der Waals surface area contributed by atoms with Crippen molar-refractivity contribution in [2.45, 2.75) is 45.1 Å². The van der Waals surface area contributed by atoms with E-state index in [-0.39, 0.29) is 11.3 Å². The van der Waals surface area contributed by atoms with Gasteiger partial charge < -0.3 is 0 Å². The minimum atomic E-state index is -0.0762. The van der Waals surface area contributed by atoms with E-state index < -0.39 is 0 Å². The van der Waals surface area contributed by atoms with Crippen molar-refractivity contribution in [3.05, 3.63) is 35.9 Å². The molecule has 1 spiro atoms. The lowest BCUT2D eigenvalue weighted by atomic mass is 9.74. The van der Waals surface area contributed by atoms with Gasteiger partial charge in [0.15, 0.2) is 0 Å². The summed E-state index contributed by atoms with van der Waals surface area (Å²) in [5.74, 6) is 0.213. The van der Waals surface area contributed by atoms with E-state index in [4.69, 9.17) is 4.84 Å². The number of nitrogens with zero attached hydrogens (tertiary/aromatic N) is 1. The van der Waals surface area contributed by atoms with Crippen molar-refractivity contribution < 1.29 is 9.63 Å². The summed E-state index contributed by atoms with van der Waals surface area (Å²) < 4.78 is 0. The van der Waals surface area contributed by atoms with Crippen molar-refractivity contribution in [1.82, 2.24) is 5.06 Å². The first-order valence-corrected chi connectivity index (χ1v) is 7.29. The molecule has 0 radical (unpaired) electrons. The van der Waals surface area contributed by atoms with Crippen molar-refractivity contribution >= 4 is 5.91 Å². The Morgan fingerprint density at radius 1 is 1.05 bits per heavy atom. The average molecular weight is 259 g/mol. The third-order valence-corrected chi connectivity index (χ3v) is 4.42. The Hall–Kier alpha value is -1.35. The molecule has 0 aromatic heterocycles. The third-order valence-electron chi connectivity index (χ3n) is 4.42. The highest BCUT2D eigenvalue weighted by molar-refractivity contribution is 5.87. The predicted octanol–water partition coefficient (Wildman–Crippen LogP) is 3.30. The Morgan fingerprint density at radius 2 is 1.74 bits per heavy atom. The van der Waals surface area contributed by atoms with Crippen molar-refractivity contribution in [3.8, 4) is 0 Å². The van der Waals surface area contributed by atoms with E-state index >= 15 is 0 Å². The van der Waals surface area contributed by atoms with Gasteiger partial charge in [-0.05, 0) is 18.4 Å². The lowest BCUT2D eigenvalue weighted by Gasteiger charge is -2.47. The van der Waals surface area contributed by atoms with Crippen LogP contribution in [0.3, 0.4) is 0 Å². The topological polar surface area (TPSA) is 29.5 Å². The molecule has 1 aromatic rings. The maximum atomic E-state index is 12.3. The molecule has 1 heterocycles. The van der Waals surface area contributed by atoms with Gasteiger partial charge in [-0.25, -0.2) is 5.06 Å². The van der Waals surface area contributed by atoms with Crippen LogP contribution in [0.15, 0.2) is 30.3 Å². The Morgan fingerprint density at radius 3 is 2.37 bits per heavy atom. The molecule has 1 aromatic carbocycles. The Balaban J connectivity index is 1.54. The number of hydrogen-bond donors (Lipinski definition) is 0. The zero-order valence-electron chi connectivity index (χ0n) is 11.3. The van der Waals surface area contributed by atoms with Crippen molar-refractivity contribution in [2.75, 3.05) is 6.54 Å². The minimum Gasteiger partial charge on any atom is -0.272 e. The van der Waals surface area contributed by atoms with E-state index in [2.05, 4.69) is 0 Å². The summed E-state index contributed by atoms with van der Waals surface area (Å²) in [6, 6.07) is 10.0. The first-order chi connectivity index (χ1) is 9.30. The van der Waals surface area contributed by atoms with Gasteiger partial charge in [-0.15, -0.1) is 0 Å². The van der Waals surface area contributed by atoms with Crippen molar-refractivity contribution in [2.24, 2.45) is 5.41 Å². The van der Waals surface area contributed by atoms with Crippen LogP contribution in [0.5, 0.6) is 0 Å². The van der Waals surface area contributed by atoms with Crippen LogP contribution in [0.2, 0.25) is 0 Å². The fourth-order valence-corrected chi connectivity index (χ4v) is 3.20. The highest BCUT2D eigenvalue weighted by Crippen LogP contribution is 2.44. The number of hydrogen-bond acceptors (Lipinski definition) is 2. The van der Waals surface area contributed by atoms with E-state index in [1.807, 2.05) is 30.3 Å². The molecule has 3 nitrogen and oxygen atoms in total. The van der Waals surface area contributed by atoms with Gasteiger partial charge in [-0.3, -0.25) is 9.63 Å². The van der Waals surface area contributed by atoms with Crippen LogP contribution in [0, 0.1) is 5.41 Å². The number of carbonyl (C=O) groups is 1. The molecule has 1 aliphatic heterocycles. The second-order valence-electron chi connectivity index (χ2n) is 5.80. The quantitative estimate of drug-likeness (QED) is 0.779. The molecule has 0 N–H and O–H groups in total. The van der Waals surface area contributed by atoms with Crippen LogP contribution in [0.4, 0.5) is 0 Å². The van der Waals surface area contributed by atoms with Crippen molar-refractivity contribution in [3.63, 3.8) is 0 Å². The Labute approximate surface area is 114 Å². The van der Waals surface area contributed by atoms with Crippen LogP contribution in [-0.4, -0.2) is 17.5 Å². The first-order valence-electron chi connectivity index (χ1n) is 7.29. The molecule has 1 saturated heterocycles. The van der Waals surface area contributed by atoms with E-state index in [1.165, 1.54) is 25.7 Å². The first kappa shape index (κ1) is 12.7. The monoisotopic (exact) mass is 259 g/mol. The molecule has 0 unspecified atom stereocenters. The molecule has 0 atom stereocenters. The summed E-state index contributed by atoms with van der Waals surface area (Å²) in [6.45, 7) is 1.28. The molecular formula is C16H21NO2. The molecule has 102 valence electrons. The smallest absolute Gasteiger partial charge is 0.254 e. The van der Waals surface area contributed by atoms with Gasteiger partial charge in [-0.2, -0.15) is 0 Å². The summed E-state index contributed by atoms with van der Waals surface area (Å²) in [6.07, 6.45) is 7.05. The van der Waals surface area contributed by atoms with E-state index in [0.29, 0.717) is 6.61 Å². The van der Waals surface area contributed by atoms with Crippen LogP contribution in [0.1, 0.15) is 44.1 Å². The largest absolute Gasteiger partial charge is 0.272 e. The Bertz CT molecular complexity index is 435.